The summed E-state index contributed by atoms with van der Waals surface area (Å²) in [6.07, 6.45) is 1.50. The van der Waals surface area contributed by atoms with Crippen LogP contribution in [0.2, 0.25) is 0 Å². The Balaban J connectivity index is 1.50. The van der Waals surface area contributed by atoms with Crippen LogP contribution in [0.5, 0.6) is 5.75 Å². The van der Waals surface area contributed by atoms with Crippen LogP contribution in [-0.2, 0) is 6.61 Å². The van der Waals surface area contributed by atoms with E-state index in [4.69, 9.17) is 4.74 Å². The molecular weight excluding hydrogens is 438 g/mol. The molecule has 0 aromatic heterocycles. The molecule has 0 atom stereocenters. The summed E-state index contributed by atoms with van der Waals surface area (Å²) < 4.78 is 6.76. The van der Waals surface area contributed by atoms with Gasteiger partial charge in [-0.05, 0) is 59.7 Å². The number of nitrogens with one attached hydrogen (secondary N) is 1. The molecule has 0 unspecified atom stereocenters. The van der Waals surface area contributed by atoms with E-state index in [0.717, 1.165) is 21.3 Å². The van der Waals surface area contributed by atoms with Gasteiger partial charge in [0.1, 0.15) is 12.4 Å². The Morgan fingerprint density at radius 2 is 1.69 bits per heavy atom. The fourth-order valence-electron chi connectivity index (χ4n) is 2.36. The molecule has 0 aliphatic carbocycles. The molecular formula is C21H16BrN3O4. The Kier molecular flexibility index (Phi) is 6.70. The number of carbonyl (C=O) groups excluding carboxylic acids is 1. The van der Waals surface area contributed by atoms with Crippen molar-refractivity contribution in [1.29, 1.82) is 0 Å². The summed E-state index contributed by atoms with van der Waals surface area (Å²) in [7, 11) is 0. The molecule has 8 heteroatoms. The summed E-state index contributed by atoms with van der Waals surface area (Å²) in [6, 6.07) is 20.5. The Labute approximate surface area is 175 Å². The molecule has 0 heterocycles. The van der Waals surface area contributed by atoms with Gasteiger partial charge < -0.3 is 4.74 Å². The van der Waals surface area contributed by atoms with Crippen molar-refractivity contribution in [1.82, 2.24) is 5.43 Å². The van der Waals surface area contributed by atoms with Crippen molar-refractivity contribution in [3.8, 4) is 5.75 Å². The summed E-state index contributed by atoms with van der Waals surface area (Å²) in [5, 5.41) is 14.5. The number of carbonyl (C=O) groups is 1. The lowest BCUT2D eigenvalue weighted by molar-refractivity contribution is -0.384. The topological polar surface area (TPSA) is 93.8 Å². The molecule has 0 spiro atoms. The average Bonchev–Trinajstić information content (AvgIpc) is 2.74. The standard InChI is InChI=1S/C21H16BrN3O4/c22-18-7-1-16(2-8-18)14-29-20-11-3-15(4-12-20)13-23-24-21(26)17-5-9-19(10-6-17)25(27)28/h1-13H,14H2,(H,24,26)/b23-13+. The molecule has 0 saturated heterocycles. The number of halogens is 1. The van der Waals surface area contributed by atoms with Gasteiger partial charge in [0.15, 0.2) is 0 Å². The maximum atomic E-state index is 12.0. The van der Waals surface area contributed by atoms with Crippen molar-refractivity contribution in [3.63, 3.8) is 0 Å². The Hall–Kier alpha value is -3.52. The Morgan fingerprint density at radius 3 is 2.31 bits per heavy atom. The highest BCUT2D eigenvalue weighted by Crippen LogP contribution is 2.16. The monoisotopic (exact) mass is 453 g/mol. The van der Waals surface area contributed by atoms with Gasteiger partial charge in [-0.3, -0.25) is 14.9 Å². The lowest BCUT2D eigenvalue weighted by Gasteiger charge is -2.06. The first kappa shape index (κ1) is 20.2. The van der Waals surface area contributed by atoms with Crippen LogP contribution < -0.4 is 10.2 Å². The van der Waals surface area contributed by atoms with Crippen LogP contribution >= 0.6 is 15.9 Å². The summed E-state index contributed by atoms with van der Waals surface area (Å²) in [4.78, 5) is 22.1. The lowest BCUT2D eigenvalue weighted by Crippen LogP contribution is -2.17. The minimum absolute atomic E-state index is 0.0764. The van der Waals surface area contributed by atoms with Gasteiger partial charge in [0.05, 0.1) is 11.1 Å². The quantitative estimate of drug-likeness (QED) is 0.318. The molecule has 0 aliphatic rings. The van der Waals surface area contributed by atoms with Gasteiger partial charge in [0.2, 0.25) is 0 Å². The zero-order valence-corrected chi connectivity index (χ0v) is 16.7. The third kappa shape index (κ3) is 5.98. The number of nitro benzene ring substituents is 1. The van der Waals surface area contributed by atoms with E-state index in [1.165, 1.54) is 30.5 Å². The SMILES string of the molecule is O=C(N/N=C/c1ccc(OCc2ccc(Br)cc2)cc1)c1ccc([N+](=O)[O-])cc1. The maximum absolute atomic E-state index is 12.0. The third-order valence-electron chi connectivity index (χ3n) is 3.92. The lowest BCUT2D eigenvalue weighted by atomic mass is 10.2. The molecule has 1 amide bonds. The number of hydrogen-bond acceptors (Lipinski definition) is 5. The van der Waals surface area contributed by atoms with E-state index in [2.05, 4.69) is 26.5 Å². The van der Waals surface area contributed by atoms with Gasteiger partial charge in [-0.2, -0.15) is 5.10 Å². The first-order valence-electron chi connectivity index (χ1n) is 8.56. The molecule has 0 radical (unpaired) electrons. The van der Waals surface area contributed by atoms with E-state index in [1.54, 1.807) is 0 Å². The number of rotatable bonds is 7. The van der Waals surface area contributed by atoms with Gasteiger partial charge in [-0.25, -0.2) is 5.43 Å². The van der Waals surface area contributed by atoms with Gasteiger partial charge >= 0.3 is 0 Å². The van der Waals surface area contributed by atoms with E-state index in [-0.39, 0.29) is 11.3 Å². The molecule has 3 rings (SSSR count). The van der Waals surface area contributed by atoms with Crippen molar-refractivity contribution in [2.45, 2.75) is 6.61 Å². The van der Waals surface area contributed by atoms with Gasteiger partial charge in [-0.1, -0.05) is 28.1 Å². The Morgan fingerprint density at radius 1 is 1.03 bits per heavy atom. The van der Waals surface area contributed by atoms with E-state index >= 15 is 0 Å². The number of hydrazone groups is 1. The average molecular weight is 454 g/mol. The highest BCUT2D eigenvalue weighted by molar-refractivity contribution is 9.10. The molecule has 3 aromatic carbocycles. The third-order valence-corrected chi connectivity index (χ3v) is 4.45. The first-order chi connectivity index (χ1) is 14.0. The predicted octanol–water partition coefficient (Wildman–Crippen LogP) is 4.70. The van der Waals surface area contributed by atoms with Crippen molar-refractivity contribution in [2.24, 2.45) is 5.10 Å². The fourth-order valence-corrected chi connectivity index (χ4v) is 2.63. The van der Waals surface area contributed by atoms with Gasteiger partial charge in [0, 0.05) is 22.2 Å². The fraction of sp³-hybridized carbons (Fsp3) is 0.0476. The number of nitrogens with zero attached hydrogens (tertiary/aromatic N) is 2. The molecule has 7 nitrogen and oxygen atoms in total. The molecule has 29 heavy (non-hydrogen) atoms. The molecule has 0 saturated carbocycles. The molecule has 0 bridgehead atoms. The number of amides is 1. The Bertz CT molecular complexity index is 1020. The van der Waals surface area contributed by atoms with Crippen LogP contribution in [0, 0.1) is 10.1 Å². The van der Waals surface area contributed by atoms with Gasteiger partial charge in [-0.15, -0.1) is 0 Å². The number of benzene rings is 3. The summed E-state index contributed by atoms with van der Waals surface area (Å²) in [5.74, 6) is 0.269. The molecule has 0 fully saturated rings. The summed E-state index contributed by atoms with van der Waals surface area (Å²) >= 11 is 3.40. The largest absolute Gasteiger partial charge is 0.489 e. The van der Waals surface area contributed by atoms with E-state index in [1.807, 2.05) is 48.5 Å². The number of ether oxygens (including phenoxy) is 1. The normalized spacial score (nSPS) is 10.7. The minimum Gasteiger partial charge on any atom is -0.489 e. The van der Waals surface area contributed by atoms with Gasteiger partial charge in [0.25, 0.3) is 11.6 Å². The van der Waals surface area contributed by atoms with Crippen molar-refractivity contribution in [3.05, 3.63) is 104 Å². The van der Waals surface area contributed by atoms with Crippen molar-refractivity contribution in [2.75, 3.05) is 0 Å². The summed E-state index contributed by atoms with van der Waals surface area (Å²) in [5.41, 5.74) is 4.44. The van der Waals surface area contributed by atoms with Crippen molar-refractivity contribution >= 4 is 33.7 Å². The summed E-state index contributed by atoms with van der Waals surface area (Å²) in [6.45, 7) is 0.464. The van der Waals surface area contributed by atoms with Crippen LogP contribution in [0.25, 0.3) is 0 Å². The van der Waals surface area contributed by atoms with E-state index in [0.29, 0.717) is 6.61 Å². The first-order valence-corrected chi connectivity index (χ1v) is 9.36. The van der Waals surface area contributed by atoms with Crippen LogP contribution in [0.3, 0.4) is 0 Å². The smallest absolute Gasteiger partial charge is 0.271 e. The molecule has 146 valence electrons. The van der Waals surface area contributed by atoms with Crippen LogP contribution in [0.4, 0.5) is 5.69 Å². The zero-order valence-electron chi connectivity index (χ0n) is 15.1. The molecule has 0 aliphatic heterocycles. The second kappa shape index (κ2) is 9.61. The highest BCUT2D eigenvalue weighted by Gasteiger charge is 2.08. The minimum atomic E-state index is -0.522. The second-order valence-corrected chi connectivity index (χ2v) is 6.90. The van der Waals surface area contributed by atoms with Crippen LogP contribution in [-0.4, -0.2) is 17.0 Å². The number of non-ortho nitro benzene ring substituents is 1. The molecule has 3 aromatic rings. The second-order valence-electron chi connectivity index (χ2n) is 5.99. The zero-order chi connectivity index (χ0) is 20.6. The van der Waals surface area contributed by atoms with Crippen LogP contribution in [0.1, 0.15) is 21.5 Å². The maximum Gasteiger partial charge on any atom is 0.271 e. The molecule has 1 N–H and O–H groups in total. The van der Waals surface area contributed by atoms with E-state index < -0.39 is 10.8 Å². The number of hydrogen-bond donors (Lipinski definition) is 1. The number of nitro groups is 1. The van der Waals surface area contributed by atoms with E-state index in [9.17, 15) is 14.9 Å². The van der Waals surface area contributed by atoms with Crippen LogP contribution in [0.15, 0.2) is 82.4 Å². The predicted molar refractivity (Wildman–Crippen MR) is 113 cm³/mol. The van der Waals surface area contributed by atoms with Crippen molar-refractivity contribution < 1.29 is 14.5 Å². The highest BCUT2D eigenvalue weighted by atomic mass is 79.9.